The minimum atomic E-state index is -1.35. The first-order valence-electron chi connectivity index (χ1n) is 9.87. The van der Waals surface area contributed by atoms with E-state index in [1.807, 2.05) is 6.07 Å². The van der Waals surface area contributed by atoms with Crippen LogP contribution in [0.15, 0.2) is 54.6 Å². The number of carboxylic acids is 1. The summed E-state index contributed by atoms with van der Waals surface area (Å²) in [6.45, 7) is 4.98. The van der Waals surface area contributed by atoms with Gasteiger partial charge in [-0.05, 0) is 38.5 Å². The molecule has 1 atom stereocenters. The number of hydrogen-bond donors (Lipinski definition) is 3. The van der Waals surface area contributed by atoms with E-state index in [4.69, 9.17) is 9.47 Å². The number of esters is 1. The van der Waals surface area contributed by atoms with Crippen LogP contribution in [0, 0.1) is 0 Å². The lowest BCUT2D eigenvalue weighted by Gasteiger charge is -2.22. The van der Waals surface area contributed by atoms with E-state index in [9.17, 15) is 24.3 Å². The predicted molar refractivity (Wildman–Crippen MR) is 116 cm³/mol. The Kier molecular flexibility index (Phi) is 8.34. The van der Waals surface area contributed by atoms with Crippen LogP contribution in [0.5, 0.6) is 0 Å². The van der Waals surface area contributed by atoms with Crippen molar-refractivity contribution in [2.24, 2.45) is 0 Å². The number of anilines is 1. The number of aromatic carboxylic acids is 1. The Morgan fingerprint density at radius 1 is 0.969 bits per heavy atom. The number of benzene rings is 2. The number of carboxylic acid groups (broad SMARTS) is 1. The van der Waals surface area contributed by atoms with Gasteiger partial charge in [-0.3, -0.25) is 9.59 Å². The van der Waals surface area contributed by atoms with Gasteiger partial charge >= 0.3 is 18.0 Å². The molecule has 0 spiro atoms. The number of ether oxygens (including phenoxy) is 2. The van der Waals surface area contributed by atoms with Gasteiger partial charge in [-0.15, -0.1) is 0 Å². The first-order chi connectivity index (χ1) is 15.0. The summed E-state index contributed by atoms with van der Waals surface area (Å²) in [7, 11) is 0. The van der Waals surface area contributed by atoms with Crippen LogP contribution in [0.4, 0.5) is 10.5 Å². The molecule has 0 aromatic heterocycles. The fourth-order valence-electron chi connectivity index (χ4n) is 2.66. The maximum atomic E-state index is 12.8. The zero-order chi connectivity index (χ0) is 23.7. The second-order valence-corrected chi connectivity index (χ2v) is 7.89. The number of rotatable bonds is 8. The van der Waals surface area contributed by atoms with Crippen molar-refractivity contribution in [3.63, 3.8) is 0 Å². The van der Waals surface area contributed by atoms with E-state index in [2.05, 4.69) is 10.6 Å². The number of alkyl carbamates (subject to hydrolysis) is 1. The van der Waals surface area contributed by atoms with Gasteiger partial charge in [0.15, 0.2) is 0 Å². The van der Waals surface area contributed by atoms with Crippen LogP contribution in [0.3, 0.4) is 0 Å². The fraction of sp³-hybridized carbons (Fsp3) is 0.304. The molecule has 2 aromatic rings. The zero-order valence-electron chi connectivity index (χ0n) is 18.1. The van der Waals surface area contributed by atoms with Gasteiger partial charge in [0.1, 0.15) is 18.2 Å². The van der Waals surface area contributed by atoms with E-state index in [0.29, 0.717) is 0 Å². The van der Waals surface area contributed by atoms with Gasteiger partial charge in [-0.25, -0.2) is 9.59 Å². The highest BCUT2D eigenvalue weighted by Gasteiger charge is 2.28. The van der Waals surface area contributed by atoms with E-state index in [-0.39, 0.29) is 17.9 Å². The molecule has 32 heavy (non-hydrogen) atoms. The summed E-state index contributed by atoms with van der Waals surface area (Å²) in [6, 6.07) is 13.4. The maximum Gasteiger partial charge on any atom is 0.408 e. The van der Waals surface area contributed by atoms with Crippen molar-refractivity contribution in [2.45, 2.75) is 45.4 Å². The van der Waals surface area contributed by atoms with Crippen molar-refractivity contribution < 1.29 is 33.8 Å². The molecule has 170 valence electrons. The third-order valence-corrected chi connectivity index (χ3v) is 4.03. The molecule has 0 saturated carbocycles. The average Bonchev–Trinajstić information content (AvgIpc) is 2.71. The standard InChI is InChI=1S/C23H26N2O7/c1-23(2,3)32-19(26)13-18(25-22(30)31-14-15-9-5-4-6-10-15)20(27)24-17-12-8-7-11-16(17)21(28)29/h4-12,18H,13-14H2,1-3H3,(H,24,27)(H,25,30)(H,28,29). The molecule has 1 unspecified atom stereocenters. The molecule has 0 aliphatic carbocycles. The maximum absolute atomic E-state index is 12.8. The highest BCUT2D eigenvalue weighted by atomic mass is 16.6. The highest BCUT2D eigenvalue weighted by Crippen LogP contribution is 2.16. The lowest BCUT2D eigenvalue weighted by Crippen LogP contribution is -2.46. The third-order valence-electron chi connectivity index (χ3n) is 4.03. The fourth-order valence-corrected chi connectivity index (χ4v) is 2.66. The van der Waals surface area contributed by atoms with Crippen LogP contribution >= 0.6 is 0 Å². The topological polar surface area (TPSA) is 131 Å². The van der Waals surface area contributed by atoms with Crippen molar-refractivity contribution in [2.75, 3.05) is 5.32 Å². The highest BCUT2D eigenvalue weighted by molar-refractivity contribution is 6.03. The monoisotopic (exact) mass is 442 g/mol. The molecule has 0 heterocycles. The van der Waals surface area contributed by atoms with Crippen LogP contribution < -0.4 is 10.6 Å². The summed E-state index contributed by atoms with van der Waals surface area (Å²) in [4.78, 5) is 48.7. The Morgan fingerprint density at radius 2 is 1.59 bits per heavy atom. The van der Waals surface area contributed by atoms with Crippen molar-refractivity contribution in [1.29, 1.82) is 0 Å². The molecular formula is C23H26N2O7. The molecule has 2 rings (SSSR count). The number of nitrogens with one attached hydrogen (secondary N) is 2. The predicted octanol–water partition coefficient (Wildman–Crippen LogP) is 3.35. The first-order valence-corrected chi connectivity index (χ1v) is 9.87. The summed E-state index contributed by atoms with van der Waals surface area (Å²) >= 11 is 0. The normalized spacial score (nSPS) is 11.7. The average molecular weight is 442 g/mol. The Labute approximate surface area is 185 Å². The van der Waals surface area contributed by atoms with Gasteiger partial charge in [-0.1, -0.05) is 42.5 Å². The Hall–Kier alpha value is -3.88. The summed E-state index contributed by atoms with van der Waals surface area (Å²) < 4.78 is 10.4. The van der Waals surface area contributed by atoms with Crippen LogP contribution in [-0.2, 0) is 25.7 Å². The molecular weight excluding hydrogens is 416 g/mol. The summed E-state index contributed by atoms with van der Waals surface area (Å²) in [5.74, 6) is -2.74. The molecule has 3 N–H and O–H groups in total. The molecule has 0 saturated heterocycles. The van der Waals surface area contributed by atoms with Crippen molar-refractivity contribution in [3.8, 4) is 0 Å². The van der Waals surface area contributed by atoms with Crippen LogP contribution in [0.1, 0.15) is 43.1 Å². The quantitative estimate of drug-likeness (QED) is 0.534. The van der Waals surface area contributed by atoms with Crippen LogP contribution in [-0.4, -0.2) is 40.7 Å². The number of amides is 2. The number of hydrogen-bond acceptors (Lipinski definition) is 6. The molecule has 0 aliphatic heterocycles. The molecule has 9 heteroatoms. The minimum Gasteiger partial charge on any atom is -0.478 e. The first kappa shape index (κ1) is 24.4. The molecule has 2 amide bonds. The molecule has 0 aliphatic rings. The summed E-state index contributed by atoms with van der Waals surface area (Å²) in [6.07, 6.45) is -1.39. The summed E-state index contributed by atoms with van der Waals surface area (Å²) in [5, 5.41) is 14.1. The molecule has 0 radical (unpaired) electrons. The van der Waals surface area contributed by atoms with Crippen molar-refractivity contribution >= 4 is 29.6 Å². The van der Waals surface area contributed by atoms with Gasteiger partial charge in [0, 0.05) is 0 Å². The largest absolute Gasteiger partial charge is 0.478 e. The lowest BCUT2D eigenvalue weighted by molar-refractivity contribution is -0.156. The molecule has 2 aromatic carbocycles. The van der Waals surface area contributed by atoms with E-state index < -0.39 is 42.0 Å². The van der Waals surface area contributed by atoms with E-state index in [1.54, 1.807) is 51.1 Å². The molecule has 0 fully saturated rings. The second-order valence-electron chi connectivity index (χ2n) is 7.89. The van der Waals surface area contributed by atoms with Crippen LogP contribution in [0.2, 0.25) is 0 Å². The number of para-hydroxylation sites is 1. The van der Waals surface area contributed by atoms with Crippen molar-refractivity contribution in [3.05, 3.63) is 65.7 Å². The third kappa shape index (κ3) is 8.10. The van der Waals surface area contributed by atoms with E-state index in [1.165, 1.54) is 18.2 Å². The van der Waals surface area contributed by atoms with E-state index in [0.717, 1.165) is 5.56 Å². The van der Waals surface area contributed by atoms with Gasteiger partial charge < -0.3 is 25.2 Å². The summed E-state index contributed by atoms with van der Waals surface area (Å²) in [5.41, 5.74) is -0.157. The Morgan fingerprint density at radius 3 is 2.22 bits per heavy atom. The minimum absolute atomic E-state index is 0.0265. The number of carbonyl (C=O) groups excluding carboxylic acids is 3. The second kappa shape index (κ2) is 10.9. The number of carbonyl (C=O) groups is 4. The smallest absolute Gasteiger partial charge is 0.408 e. The molecule has 0 bridgehead atoms. The zero-order valence-corrected chi connectivity index (χ0v) is 18.1. The van der Waals surface area contributed by atoms with Gasteiger partial charge in [-0.2, -0.15) is 0 Å². The van der Waals surface area contributed by atoms with Crippen LogP contribution in [0.25, 0.3) is 0 Å². The van der Waals surface area contributed by atoms with Gasteiger partial charge in [0.05, 0.1) is 17.7 Å². The lowest BCUT2D eigenvalue weighted by atomic mass is 10.1. The van der Waals surface area contributed by atoms with Gasteiger partial charge in [0.2, 0.25) is 5.91 Å². The van der Waals surface area contributed by atoms with Gasteiger partial charge in [0.25, 0.3) is 0 Å². The van der Waals surface area contributed by atoms with Crippen molar-refractivity contribution in [1.82, 2.24) is 5.32 Å². The SMILES string of the molecule is CC(C)(C)OC(=O)CC(NC(=O)OCc1ccccc1)C(=O)Nc1ccccc1C(=O)O. The molecule has 9 nitrogen and oxygen atoms in total. The Balaban J connectivity index is 2.12. The Bertz CT molecular complexity index is 968. The van der Waals surface area contributed by atoms with E-state index >= 15 is 0 Å².